The van der Waals surface area contributed by atoms with E-state index in [-0.39, 0.29) is 11.6 Å². The second-order valence-electron chi connectivity index (χ2n) is 4.88. The van der Waals surface area contributed by atoms with Gasteiger partial charge in [-0.15, -0.1) is 0 Å². The first kappa shape index (κ1) is 10.3. The lowest BCUT2D eigenvalue weighted by Gasteiger charge is -2.38. The van der Waals surface area contributed by atoms with Gasteiger partial charge in [0.1, 0.15) is 5.54 Å². The number of amides is 2. The van der Waals surface area contributed by atoms with Crippen LogP contribution >= 0.6 is 0 Å². The average Bonchev–Trinajstić information content (AvgIpc) is 2.75. The SMILES string of the molecule is CC1(NC(=O)NC2(C(=O)O)CCC2)CC1. The van der Waals surface area contributed by atoms with Gasteiger partial charge in [0.2, 0.25) is 0 Å². The van der Waals surface area contributed by atoms with E-state index in [4.69, 9.17) is 5.11 Å². The predicted octanol–water partition coefficient (Wildman–Crippen LogP) is 0.845. The molecule has 0 aliphatic heterocycles. The quantitative estimate of drug-likeness (QED) is 0.648. The first-order valence-electron chi connectivity index (χ1n) is 5.30. The third-order valence-electron chi connectivity index (χ3n) is 3.38. The van der Waals surface area contributed by atoms with Crippen LogP contribution in [0.1, 0.15) is 39.0 Å². The summed E-state index contributed by atoms with van der Waals surface area (Å²) in [6, 6.07) is -0.350. The summed E-state index contributed by atoms with van der Waals surface area (Å²) in [5.74, 6) is -0.926. The van der Waals surface area contributed by atoms with E-state index >= 15 is 0 Å². The topological polar surface area (TPSA) is 78.4 Å². The Morgan fingerprint density at radius 3 is 2.07 bits per heavy atom. The summed E-state index contributed by atoms with van der Waals surface area (Å²) in [4.78, 5) is 22.5. The van der Waals surface area contributed by atoms with Gasteiger partial charge in [-0.25, -0.2) is 9.59 Å². The van der Waals surface area contributed by atoms with Crippen LogP contribution in [0.25, 0.3) is 0 Å². The van der Waals surface area contributed by atoms with Gasteiger partial charge < -0.3 is 15.7 Å². The molecule has 0 aromatic heterocycles. The molecule has 5 heteroatoms. The number of carbonyl (C=O) groups excluding carboxylic acids is 1. The molecule has 0 saturated heterocycles. The fourth-order valence-corrected chi connectivity index (χ4v) is 1.76. The van der Waals surface area contributed by atoms with E-state index in [1.54, 1.807) is 0 Å². The first-order chi connectivity index (χ1) is 6.96. The molecule has 0 aromatic carbocycles. The molecule has 0 radical (unpaired) electrons. The molecule has 15 heavy (non-hydrogen) atoms. The van der Waals surface area contributed by atoms with E-state index in [1.165, 1.54) is 0 Å². The van der Waals surface area contributed by atoms with E-state index in [9.17, 15) is 9.59 Å². The molecule has 0 unspecified atom stereocenters. The van der Waals surface area contributed by atoms with Crippen LogP contribution < -0.4 is 10.6 Å². The Morgan fingerprint density at radius 2 is 1.73 bits per heavy atom. The lowest BCUT2D eigenvalue weighted by Crippen LogP contribution is -2.62. The highest BCUT2D eigenvalue weighted by Crippen LogP contribution is 2.35. The van der Waals surface area contributed by atoms with Crippen molar-refractivity contribution in [3.05, 3.63) is 0 Å². The highest BCUT2D eigenvalue weighted by atomic mass is 16.4. The van der Waals surface area contributed by atoms with Crippen molar-refractivity contribution in [2.75, 3.05) is 0 Å². The normalized spacial score (nSPS) is 24.9. The highest BCUT2D eigenvalue weighted by Gasteiger charge is 2.47. The maximum atomic E-state index is 11.5. The van der Waals surface area contributed by atoms with Crippen molar-refractivity contribution < 1.29 is 14.7 Å². The van der Waals surface area contributed by atoms with Crippen LogP contribution in [0.5, 0.6) is 0 Å². The zero-order chi connectivity index (χ0) is 11.1. The molecule has 84 valence electrons. The summed E-state index contributed by atoms with van der Waals surface area (Å²) in [7, 11) is 0. The molecular weight excluding hydrogens is 196 g/mol. The largest absolute Gasteiger partial charge is 0.480 e. The van der Waals surface area contributed by atoms with Crippen LogP contribution in [0.15, 0.2) is 0 Å². The molecule has 3 N–H and O–H groups in total. The maximum Gasteiger partial charge on any atom is 0.329 e. The van der Waals surface area contributed by atoms with E-state index < -0.39 is 11.5 Å². The average molecular weight is 212 g/mol. The predicted molar refractivity (Wildman–Crippen MR) is 53.5 cm³/mol. The standard InChI is InChI=1S/C10H16N2O3/c1-9(5-6-9)11-8(15)12-10(7(13)14)3-2-4-10/h2-6H2,1H3,(H,13,14)(H2,11,12,15). The van der Waals surface area contributed by atoms with E-state index in [0.717, 1.165) is 19.3 Å². The van der Waals surface area contributed by atoms with Crippen molar-refractivity contribution in [3.63, 3.8) is 0 Å². The molecule has 2 fully saturated rings. The van der Waals surface area contributed by atoms with Crippen molar-refractivity contribution in [2.45, 2.75) is 50.1 Å². The number of nitrogens with one attached hydrogen (secondary N) is 2. The molecule has 0 heterocycles. The van der Waals surface area contributed by atoms with Gasteiger partial charge >= 0.3 is 12.0 Å². The Labute approximate surface area is 88.2 Å². The van der Waals surface area contributed by atoms with Crippen LogP contribution in [0.4, 0.5) is 4.79 Å². The zero-order valence-electron chi connectivity index (χ0n) is 8.80. The monoisotopic (exact) mass is 212 g/mol. The number of urea groups is 1. The molecule has 2 aliphatic carbocycles. The van der Waals surface area contributed by atoms with E-state index in [2.05, 4.69) is 10.6 Å². The Bertz CT molecular complexity index is 306. The van der Waals surface area contributed by atoms with E-state index in [1.807, 2.05) is 6.92 Å². The molecule has 0 spiro atoms. The van der Waals surface area contributed by atoms with Crippen molar-refractivity contribution in [3.8, 4) is 0 Å². The maximum absolute atomic E-state index is 11.5. The Balaban J connectivity index is 1.89. The Morgan fingerprint density at radius 1 is 1.13 bits per heavy atom. The molecule has 5 nitrogen and oxygen atoms in total. The smallest absolute Gasteiger partial charge is 0.329 e. The highest BCUT2D eigenvalue weighted by molar-refractivity contribution is 5.87. The summed E-state index contributed by atoms with van der Waals surface area (Å²) >= 11 is 0. The molecular formula is C10H16N2O3. The van der Waals surface area contributed by atoms with Crippen LogP contribution in [-0.4, -0.2) is 28.2 Å². The third kappa shape index (κ3) is 1.91. The summed E-state index contributed by atoms with van der Waals surface area (Å²) in [5.41, 5.74) is -1.11. The third-order valence-corrected chi connectivity index (χ3v) is 3.38. The van der Waals surface area contributed by atoms with Gasteiger partial charge in [-0.1, -0.05) is 0 Å². The number of carboxylic acid groups (broad SMARTS) is 1. The first-order valence-corrected chi connectivity index (χ1v) is 5.30. The fraction of sp³-hybridized carbons (Fsp3) is 0.800. The second-order valence-corrected chi connectivity index (χ2v) is 4.88. The molecule has 2 saturated carbocycles. The summed E-state index contributed by atoms with van der Waals surface area (Å²) < 4.78 is 0. The van der Waals surface area contributed by atoms with Gasteiger partial charge in [0.05, 0.1) is 0 Å². The Hall–Kier alpha value is -1.26. The number of aliphatic carboxylic acids is 1. The minimum atomic E-state index is -1.00. The van der Waals surface area contributed by atoms with Crippen molar-refractivity contribution in [1.29, 1.82) is 0 Å². The van der Waals surface area contributed by atoms with Gasteiger partial charge in [0.25, 0.3) is 0 Å². The molecule has 2 aliphatic rings. The summed E-state index contributed by atoms with van der Waals surface area (Å²) in [6.07, 6.45) is 3.88. The Kier molecular flexibility index (Phi) is 2.13. The van der Waals surface area contributed by atoms with Crippen LogP contribution in [0, 0.1) is 0 Å². The zero-order valence-corrected chi connectivity index (χ0v) is 8.80. The van der Waals surface area contributed by atoms with Gasteiger partial charge in [-0.2, -0.15) is 0 Å². The minimum Gasteiger partial charge on any atom is -0.480 e. The van der Waals surface area contributed by atoms with Crippen molar-refractivity contribution >= 4 is 12.0 Å². The fourth-order valence-electron chi connectivity index (χ4n) is 1.76. The van der Waals surface area contributed by atoms with Crippen LogP contribution in [-0.2, 0) is 4.79 Å². The van der Waals surface area contributed by atoms with Crippen molar-refractivity contribution in [2.24, 2.45) is 0 Å². The molecule has 0 atom stereocenters. The minimum absolute atomic E-state index is 0.104. The van der Waals surface area contributed by atoms with Gasteiger partial charge in [0, 0.05) is 5.54 Å². The molecule has 2 amide bonds. The van der Waals surface area contributed by atoms with Gasteiger partial charge in [-0.3, -0.25) is 0 Å². The number of carboxylic acids is 1. The molecule has 0 bridgehead atoms. The van der Waals surface area contributed by atoms with Crippen LogP contribution in [0.3, 0.4) is 0 Å². The van der Waals surface area contributed by atoms with Gasteiger partial charge in [-0.05, 0) is 39.0 Å². The number of carbonyl (C=O) groups is 2. The van der Waals surface area contributed by atoms with Crippen LogP contribution in [0.2, 0.25) is 0 Å². The van der Waals surface area contributed by atoms with E-state index in [0.29, 0.717) is 12.8 Å². The van der Waals surface area contributed by atoms with Crippen molar-refractivity contribution in [1.82, 2.24) is 10.6 Å². The molecule has 0 aromatic rings. The lowest BCUT2D eigenvalue weighted by molar-refractivity contribution is -0.148. The second kappa shape index (κ2) is 3.12. The summed E-state index contributed by atoms with van der Waals surface area (Å²) in [6.45, 7) is 1.96. The number of rotatable bonds is 3. The van der Waals surface area contributed by atoms with Gasteiger partial charge in [0.15, 0.2) is 0 Å². The number of hydrogen-bond donors (Lipinski definition) is 3. The number of hydrogen-bond acceptors (Lipinski definition) is 2. The summed E-state index contributed by atoms with van der Waals surface area (Å²) in [5, 5.41) is 14.4. The lowest BCUT2D eigenvalue weighted by atomic mass is 9.77. The molecule has 2 rings (SSSR count).